The van der Waals surface area contributed by atoms with Gasteiger partial charge in [-0.15, -0.1) is 0 Å². The molecule has 0 unspecified atom stereocenters. The molecule has 9 heteroatoms. The first-order valence-electron chi connectivity index (χ1n) is 9.17. The number of hydrogen-bond donors (Lipinski definition) is 5. The number of carbonyl (C=O) groups is 3. The highest BCUT2D eigenvalue weighted by molar-refractivity contribution is 6.48. The molecule has 156 valence electrons. The van der Waals surface area contributed by atoms with Gasteiger partial charge in [-0.1, -0.05) is 18.2 Å². The average molecular weight is 432 g/mol. The second kappa shape index (κ2) is 6.45. The lowest BCUT2D eigenvalue weighted by Crippen LogP contribution is -2.58. The monoisotopic (exact) mass is 431 g/mol. The van der Waals surface area contributed by atoms with Gasteiger partial charge in [0.1, 0.15) is 22.8 Å². The number of aliphatic hydroxyl groups excluding tert-OH is 2. The lowest BCUT2D eigenvalue weighted by molar-refractivity contribution is -0.147. The zero-order valence-electron chi connectivity index (χ0n) is 15.6. The van der Waals surface area contributed by atoms with Gasteiger partial charge in [-0.25, -0.2) is 0 Å². The molecule has 3 aliphatic rings. The second-order valence-corrected chi connectivity index (χ2v) is 8.25. The summed E-state index contributed by atoms with van der Waals surface area (Å²) in [5.74, 6) is -6.62. The van der Waals surface area contributed by atoms with Crippen molar-refractivity contribution >= 4 is 39.9 Å². The minimum atomic E-state index is -2.57. The highest BCUT2D eigenvalue weighted by Crippen LogP contribution is 2.52. The van der Waals surface area contributed by atoms with Crippen molar-refractivity contribution in [1.82, 2.24) is 0 Å². The molecular formula is C21H18ClNO7. The van der Waals surface area contributed by atoms with Gasteiger partial charge in [0.05, 0.1) is 5.56 Å². The minimum absolute atomic E-state index is 0.0126. The summed E-state index contributed by atoms with van der Waals surface area (Å²) in [7, 11) is 0. The van der Waals surface area contributed by atoms with Crippen LogP contribution in [0.5, 0.6) is 5.75 Å². The Morgan fingerprint density at radius 3 is 2.47 bits per heavy atom. The molecule has 30 heavy (non-hydrogen) atoms. The smallest absolute Gasteiger partial charge is 0.255 e. The van der Waals surface area contributed by atoms with Gasteiger partial charge in [0, 0.05) is 22.9 Å². The summed E-state index contributed by atoms with van der Waals surface area (Å²) in [5.41, 5.74) is 2.52. The van der Waals surface area contributed by atoms with Gasteiger partial charge in [0.25, 0.3) is 5.91 Å². The predicted molar refractivity (Wildman–Crippen MR) is 106 cm³/mol. The molecule has 1 saturated carbocycles. The standard InChI is InChI=1S/C21H18ClNO7/c1-7(22)10-2-3-12(24)15-11(10)5-8-4-9-6-13(25)16(20(23)29)19(28)21(9,30)18(27)14(8)17(15)26/h2-3,8-9,24,26,28,30H,1,4-6H2,(H2,23,29)/t8-,9+,21+/m1/s1. The normalized spacial score (nSPS) is 28.1. The van der Waals surface area contributed by atoms with Crippen LogP contribution in [0.3, 0.4) is 0 Å². The molecular weight excluding hydrogens is 414 g/mol. The highest BCUT2D eigenvalue weighted by Gasteiger charge is 2.60. The summed E-state index contributed by atoms with van der Waals surface area (Å²) in [5, 5.41) is 43.0. The maximum atomic E-state index is 13.3. The van der Waals surface area contributed by atoms with Crippen molar-refractivity contribution in [2.45, 2.75) is 24.9 Å². The molecule has 0 aromatic heterocycles. The van der Waals surface area contributed by atoms with E-state index in [2.05, 4.69) is 6.58 Å². The number of Topliss-reactive ketones (excluding diaryl/α,β-unsaturated/α-hetero) is 2. The highest BCUT2D eigenvalue weighted by atomic mass is 35.5. The fraction of sp³-hybridized carbons (Fsp3) is 0.286. The van der Waals surface area contributed by atoms with E-state index in [0.717, 1.165) is 0 Å². The van der Waals surface area contributed by atoms with Crippen LogP contribution in [0.1, 0.15) is 29.5 Å². The number of aliphatic hydroxyl groups is 3. The van der Waals surface area contributed by atoms with Crippen LogP contribution in [-0.4, -0.2) is 43.5 Å². The number of hydrogen-bond acceptors (Lipinski definition) is 7. The first kappa shape index (κ1) is 20.2. The zero-order valence-corrected chi connectivity index (χ0v) is 16.4. The van der Waals surface area contributed by atoms with Gasteiger partial charge in [-0.05, 0) is 42.0 Å². The average Bonchev–Trinajstić information content (AvgIpc) is 2.64. The number of nitrogens with two attached hydrogens (primary N) is 1. The molecule has 0 bridgehead atoms. The van der Waals surface area contributed by atoms with Crippen LogP contribution in [0, 0.1) is 11.8 Å². The SMILES string of the molecule is C=C(Cl)c1ccc(O)c2c1C[C@H]1C[C@H]3CC(=O)C(C(N)=O)=C(O)[C@@]3(O)C(=O)C1=C2O. The maximum Gasteiger partial charge on any atom is 0.255 e. The third-order valence-corrected chi connectivity index (χ3v) is 6.44. The van der Waals surface area contributed by atoms with Crippen LogP contribution >= 0.6 is 11.6 Å². The molecule has 0 saturated heterocycles. The third-order valence-electron chi connectivity index (χ3n) is 6.24. The Hall–Kier alpha value is -3.10. The number of halogens is 1. The van der Waals surface area contributed by atoms with Crippen molar-refractivity contribution in [3.05, 3.63) is 52.3 Å². The number of ketones is 2. The Kier molecular flexibility index (Phi) is 4.34. The Labute approximate surface area is 175 Å². The molecule has 0 radical (unpaired) electrons. The van der Waals surface area contributed by atoms with E-state index in [0.29, 0.717) is 11.1 Å². The van der Waals surface area contributed by atoms with Crippen molar-refractivity contribution in [3.63, 3.8) is 0 Å². The molecule has 3 atom stereocenters. The lowest BCUT2D eigenvalue weighted by atomic mass is 9.59. The van der Waals surface area contributed by atoms with Gasteiger partial charge in [-0.3, -0.25) is 14.4 Å². The number of primary amides is 1. The van der Waals surface area contributed by atoms with Gasteiger partial charge in [0.15, 0.2) is 11.4 Å². The fourth-order valence-electron chi connectivity index (χ4n) is 4.88. The van der Waals surface area contributed by atoms with E-state index in [1.807, 2.05) is 0 Å². The van der Waals surface area contributed by atoms with Crippen LogP contribution in [0.25, 0.3) is 10.8 Å². The number of fused-ring (bicyclic) bond motifs is 3. The molecule has 1 aromatic carbocycles. The summed E-state index contributed by atoms with van der Waals surface area (Å²) in [6.45, 7) is 3.68. The van der Waals surface area contributed by atoms with Crippen molar-refractivity contribution in [2.75, 3.05) is 0 Å². The number of phenolic OH excluding ortho intramolecular Hbond substituents is 1. The topological polar surface area (TPSA) is 158 Å². The molecule has 1 aromatic rings. The molecule has 1 fully saturated rings. The van der Waals surface area contributed by atoms with Crippen molar-refractivity contribution in [1.29, 1.82) is 0 Å². The van der Waals surface area contributed by atoms with E-state index >= 15 is 0 Å². The van der Waals surface area contributed by atoms with Crippen LogP contribution in [0.2, 0.25) is 0 Å². The van der Waals surface area contributed by atoms with Crippen molar-refractivity contribution < 1.29 is 34.8 Å². The molecule has 0 aliphatic heterocycles. The first-order chi connectivity index (χ1) is 14.0. The minimum Gasteiger partial charge on any atom is -0.508 e. The van der Waals surface area contributed by atoms with Crippen molar-refractivity contribution in [2.24, 2.45) is 17.6 Å². The van der Waals surface area contributed by atoms with E-state index in [1.165, 1.54) is 6.07 Å². The van der Waals surface area contributed by atoms with E-state index in [1.54, 1.807) is 6.07 Å². The molecule has 8 nitrogen and oxygen atoms in total. The molecule has 0 spiro atoms. The Bertz CT molecular complexity index is 1130. The number of benzene rings is 1. The fourth-order valence-corrected chi connectivity index (χ4v) is 5.05. The maximum absolute atomic E-state index is 13.3. The summed E-state index contributed by atoms with van der Waals surface area (Å²) in [4.78, 5) is 37.2. The van der Waals surface area contributed by atoms with E-state index < -0.39 is 52.0 Å². The second-order valence-electron chi connectivity index (χ2n) is 7.80. The number of carbonyl (C=O) groups excluding carboxylic acids is 3. The van der Waals surface area contributed by atoms with Gasteiger partial charge < -0.3 is 26.2 Å². The third kappa shape index (κ3) is 2.47. The van der Waals surface area contributed by atoms with Gasteiger partial charge >= 0.3 is 0 Å². The summed E-state index contributed by atoms with van der Waals surface area (Å²) in [6, 6.07) is 2.84. The number of aromatic hydroxyl groups is 1. The number of phenols is 1. The molecule has 1 amide bonds. The van der Waals surface area contributed by atoms with Crippen molar-refractivity contribution in [3.8, 4) is 5.75 Å². The Morgan fingerprint density at radius 1 is 1.20 bits per heavy atom. The summed E-state index contributed by atoms with van der Waals surface area (Å²) >= 11 is 6.05. The Morgan fingerprint density at radius 2 is 1.87 bits per heavy atom. The molecule has 0 heterocycles. The van der Waals surface area contributed by atoms with Crippen LogP contribution in [0.4, 0.5) is 0 Å². The van der Waals surface area contributed by atoms with E-state index in [9.17, 15) is 34.8 Å². The molecule has 3 aliphatic carbocycles. The first-order valence-corrected chi connectivity index (χ1v) is 9.54. The summed E-state index contributed by atoms with van der Waals surface area (Å²) < 4.78 is 0. The zero-order chi connectivity index (χ0) is 22.1. The Balaban J connectivity index is 1.96. The number of amides is 1. The lowest BCUT2D eigenvalue weighted by Gasteiger charge is -2.46. The molecule has 4 rings (SSSR count). The van der Waals surface area contributed by atoms with E-state index in [4.69, 9.17) is 17.3 Å². The van der Waals surface area contributed by atoms with E-state index in [-0.39, 0.29) is 41.2 Å². The molecule has 6 N–H and O–H groups in total. The van der Waals surface area contributed by atoms with Gasteiger partial charge in [-0.2, -0.15) is 0 Å². The number of rotatable bonds is 2. The quantitative estimate of drug-likeness (QED) is 0.445. The van der Waals surface area contributed by atoms with Crippen LogP contribution < -0.4 is 5.73 Å². The van der Waals surface area contributed by atoms with Crippen LogP contribution in [0.15, 0.2) is 35.6 Å². The summed E-state index contributed by atoms with van der Waals surface area (Å²) in [6.07, 6.45) is -0.117. The van der Waals surface area contributed by atoms with Crippen LogP contribution in [-0.2, 0) is 20.8 Å². The largest absolute Gasteiger partial charge is 0.508 e. The predicted octanol–water partition coefficient (Wildman–Crippen LogP) is 1.63. The van der Waals surface area contributed by atoms with Gasteiger partial charge in [0.2, 0.25) is 5.78 Å².